The largest absolute Gasteiger partial charge is 0.393 e. The van der Waals surface area contributed by atoms with E-state index < -0.39 is 0 Å². The molecule has 1 aliphatic carbocycles. The minimum atomic E-state index is -0.383. The first-order valence-electron chi connectivity index (χ1n) is 6.12. The fraction of sp³-hybridized carbons (Fsp3) is 0.462. The lowest BCUT2D eigenvalue weighted by Crippen LogP contribution is -2.32. The Balaban J connectivity index is 1.75. The zero-order valence-corrected chi connectivity index (χ0v) is 10.0. The van der Waals surface area contributed by atoms with Crippen molar-refractivity contribution in [3.63, 3.8) is 0 Å². The molecule has 2 unspecified atom stereocenters. The van der Waals surface area contributed by atoms with Gasteiger partial charge in [0.05, 0.1) is 6.10 Å². The molecule has 0 bridgehead atoms. The Hall–Kier alpha value is -1.62. The van der Waals surface area contributed by atoms with Crippen LogP contribution in [0.1, 0.15) is 19.3 Å². The van der Waals surface area contributed by atoms with Gasteiger partial charge in [0.15, 0.2) is 0 Å². The van der Waals surface area contributed by atoms with Crippen molar-refractivity contribution in [1.82, 2.24) is 5.32 Å². The molecule has 1 aliphatic rings. The summed E-state index contributed by atoms with van der Waals surface area (Å²) in [5.74, 6) is -0.0509. The third-order valence-corrected chi connectivity index (χ3v) is 3.15. The Bertz CT molecular complexity index is 425. The molecule has 0 spiro atoms. The average molecular weight is 252 g/mol. The summed E-state index contributed by atoms with van der Waals surface area (Å²) in [6.07, 6.45) is 2.24. The summed E-state index contributed by atoms with van der Waals surface area (Å²) >= 11 is 0. The Kier molecular flexibility index (Phi) is 4.15. The van der Waals surface area contributed by atoms with Crippen LogP contribution < -0.4 is 10.6 Å². The van der Waals surface area contributed by atoms with E-state index in [1.807, 2.05) is 0 Å². The number of carbonyl (C=O) groups is 1. The second kappa shape index (κ2) is 5.82. The predicted molar refractivity (Wildman–Crippen MR) is 66.8 cm³/mol. The van der Waals surface area contributed by atoms with E-state index in [-0.39, 0.29) is 18.0 Å². The van der Waals surface area contributed by atoms with Crippen molar-refractivity contribution >= 4 is 11.7 Å². The molecule has 3 N–H and O–H groups in total. The summed E-state index contributed by atoms with van der Waals surface area (Å²) in [4.78, 5) is 11.6. The lowest BCUT2D eigenvalue weighted by Gasteiger charge is -2.11. The highest BCUT2D eigenvalue weighted by Crippen LogP contribution is 2.24. The van der Waals surface area contributed by atoms with Crippen molar-refractivity contribution in [1.29, 1.82) is 0 Å². The molecule has 4 nitrogen and oxygen atoms in total. The van der Waals surface area contributed by atoms with Crippen molar-refractivity contribution in [2.75, 3.05) is 11.9 Å². The molecular weight excluding hydrogens is 235 g/mol. The van der Waals surface area contributed by atoms with Crippen LogP contribution in [-0.4, -0.2) is 23.8 Å². The molecule has 0 aromatic heterocycles. The molecule has 0 radical (unpaired) electrons. The Morgan fingerprint density at radius 1 is 1.44 bits per heavy atom. The van der Waals surface area contributed by atoms with E-state index in [0.717, 1.165) is 19.3 Å². The number of hydrogen-bond acceptors (Lipinski definition) is 2. The van der Waals surface area contributed by atoms with Gasteiger partial charge in [-0.1, -0.05) is 6.07 Å². The van der Waals surface area contributed by atoms with Gasteiger partial charge in [0.1, 0.15) is 5.82 Å². The van der Waals surface area contributed by atoms with Gasteiger partial charge in [0.25, 0.3) is 0 Å². The molecule has 0 heterocycles. The molecule has 0 aliphatic heterocycles. The minimum absolute atomic E-state index is 0.233. The van der Waals surface area contributed by atoms with Crippen molar-refractivity contribution in [2.24, 2.45) is 5.92 Å². The second-order valence-electron chi connectivity index (χ2n) is 4.68. The van der Waals surface area contributed by atoms with Gasteiger partial charge >= 0.3 is 6.03 Å². The quantitative estimate of drug-likeness (QED) is 0.771. The van der Waals surface area contributed by atoms with Gasteiger partial charge in [-0.2, -0.15) is 0 Å². The van der Waals surface area contributed by atoms with Crippen LogP contribution in [-0.2, 0) is 0 Å². The predicted octanol–water partition coefficient (Wildman–Crippen LogP) is 2.11. The van der Waals surface area contributed by atoms with Gasteiger partial charge in [0.2, 0.25) is 0 Å². The molecule has 2 rings (SSSR count). The first kappa shape index (κ1) is 12.8. The highest BCUT2D eigenvalue weighted by molar-refractivity contribution is 5.89. The van der Waals surface area contributed by atoms with Gasteiger partial charge in [-0.05, 0) is 43.4 Å². The number of aliphatic hydroxyl groups excluding tert-OH is 1. The van der Waals surface area contributed by atoms with Gasteiger partial charge in [0, 0.05) is 12.2 Å². The third-order valence-electron chi connectivity index (χ3n) is 3.15. The number of rotatable bonds is 3. The number of benzene rings is 1. The van der Waals surface area contributed by atoms with Crippen molar-refractivity contribution in [3.05, 3.63) is 30.1 Å². The van der Waals surface area contributed by atoms with Gasteiger partial charge in [-0.3, -0.25) is 0 Å². The van der Waals surface area contributed by atoms with Crippen LogP contribution >= 0.6 is 0 Å². The Morgan fingerprint density at radius 3 is 2.94 bits per heavy atom. The number of hydrogen-bond donors (Lipinski definition) is 3. The van der Waals surface area contributed by atoms with E-state index in [2.05, 4.69) is 10.6 Å². The van der Waals surface area contributed by atoms with E-state index >= 15 is 0 Å². The van der Waals surface area contributed by atoms with Crippen LogP contribution in [0.25, 0.3) is 0 Å². The lowest BCUT2D eigenvalue weighted by atomic mass is 10.1. The fourth-order valence-corrected chi connectivity index (χ4v) is 2.21. The SMILES string of the molecule is O=C(NCC1CCC(O)C1)Nc1cccc(F)c1. The fourth-order valence-electron chi connectivity index (χ4n) is 2.21. The van der Waals surface area contributed by atoms with Gasteiger partial charge in [-0.25, -0.2) is 9.18 Å². The lowest BCUT2D eigenvalue weighted by molar-refractivity contribution is 0.177. The van der Waals surface area contributed by atoms with Crippen LogP contribution in [0.15, 0.2) is 24.3 Å². The maximum Gasteiger partial charge on any atom is 0.319 e. The highest BCUT2D eigenvalue weighted by Gasteiger charge is 2.22. The number of halogens is 1. The molecule has 1 saturated carbocycles. The van der Waals surface area contributed by atoms with Crippen LogP contribution in [0.4, 0.5) is 14.9 Å². The Morgan fingerprint density at radius 2 is 2.28 bits per heavy atom. The first-order valence-corrected chi connectivity index (χ1v) is 6.12. The van der Waals surface area contributed by atoms with E-state index in [1.165, 1.54) is 18.2 Å². The van der Waals surface area contributed by atoms with Crippen molar-refractivity contribution in [2.45, 2.75) is 25.4 Å². The van der Waals surface area contributed by atoms with Crippen LogP contribution in [0.5, 0.6) is 0 Å². The number of nitrogens with one attached hydrogen (secondary N) is 2. The molecule has 2 atom stereocenters. The van der Waals surface area contributed by atoms with E-state index in [4.69, 9.17) is 0 Å². The normalized spacial score (nSPS) is 22.8. The molecule has 5 heteroatoms. The van der Waals surface area contributed by atoms with E-state index in [1.54, 1.807) is 6.07 Å². The smallest absolute Gasteiger partial charge is 0.319 e. The number of aliphatic hydroxyl groups is 1. The molecule has 2 amide bonds. The van der Waals surface area contributed by atoms with Gasteiger partial charge < -0.3 is 15.7 Å². The van der Waals surface area contributed by atoms with Crippen LogP contribution in [0, 0.1) is 11.7 Å². The zero-order chi connectivity index (χ0) is 13.0. The molecule has 1 aromatic carbocycles. The van der Waals surface area contributed by atoms with Crippen LogP contribution in [0.2, 0.25) is 0 Å². The van der Waals surface area contributed by atoms with Crippen LogP contribution in [0.3, 0.4) is 0 Å². The monoisotopic (exact) mass is 252 g/mol. The third kappa shape index (κ3) is 3.70. The maximum absolute atomic E-state index is 12.9. The second-order valence-corrected chi connectivity index (χ2v) is 4.68. The summed E-state index contributed by atoms with van der Waals surface area (Å²) in [5, 5.41) is 14.7. The summed E-state index contributed by atoms with van der Waals surface area (Å²) in [6.45, 7) is 0.540. The summed E-state index contributed by atoms with van der Waals surface area (Å²) in [5.41, 5.74) is 0.430. The summed E-state index contributed by atoms with van der Waals surface area (Å²) in [7, 11) is 0. The van der Waals surface area contributed by atoms with Gasteiger partial charge in [-0.15, -0.1) is 0 Å². The topological polar surface area (TPSA) is 61.4 Å². The highest BCUT2D eigenvalue weighted by atomic mass is 19.1. The molecule has 1 fully saturated rings. The minimum Gasteiger partial charge on any atom is -0.393 e. The number of amides is 2. The van der Waals surface area contributed by atoms with Crippen molar-refractivity contribution in [3.8, 4) is 0 Å². The molecule has 0 saturated heterocycles. The maximum atomic E-state index is 12.9. The van der Waals surface area contributed by atoms with E-state index in [0.29, 0.717) is 18.2 Å². The number of urea groups is 1. The molecule has 18 heavy (non-hydrogen) atoms. The Labute approximate surface area is 105 Å². The zero-order valence-electron chi connectivity index (χ0n) is 10.0. The molecule has 1 aromatic rings. The van der Waals surface area contributed by atoms with E-state index in [9.17, 15) is 14.3 Å². The summed E-state index contributed by atoms with van der Waals surface area (Å²) < 4.78 is 12.9. The first-order chi connectivity index (χ1) is 8.63. The molecule has 98 valence electrons. The van der Waals surface area contributed by atoms with Crippen molar-refractivity contribution < 1.29 is 14.3 Å². The number of carbonyl (C=O) groups excluding carboxylic acids is 1. The average Bonchev–Trinajstić information content (AvgIpc) is 2.73. The number of anilines is 1. The standard InChI is InChI=1S/C13H17FN2O2/c14-10-2-1-3-11(7-10)16-13(18)15-8-9-4-5-12(17)6-9/h1-3,7,9,12,17H,4-6,8H2,(H2,15,16,18). The molecular formula is C13H17FN2O2. The summed E-state index contributed by atoms with van der Waals surface area (Å²) in [6, 6.07) is 5.41.